The summed E-state index contributed by atoms with van der Waals surface area (Å²) in [7, 11) is 3.49. The van der Waals surface area contributed by atoms with E-state index in [2.05, 4.69) is 39.5 Å². The van der Waals surface area contributed by atoms with Crippen molar-refractivity contribution in [3.63, 3.8) is 0 Å². The molecule has 0 bridgehead atoms. The first-order valence-electron chi connectivity index (χ1n) is 8.85. The number of carbonyl (C=O) groups is 1. The van der Waals surface area contributed by atoms with E-state index >= 15 is 0 Å². The summed E-state index contributed by atoms with van der Waals surface area (Å²) in [5.41, 5.74) is 1.86. The summed E-state index contributed by atoms with van der Waals surface area (Å²) in [5, 5.41) is 3.54. The highest BCUT2D eigenvalue weighted by molar-refractivity contribution is 5.93. The van der Waals surface area contributed by atoms with Crippen LogP contribution >= 0.6 is 0 Å². The first-order chi connectivity index (χ1) is 12.1. The van der Waals surface area contributed by atoms with Gasteiger partial charge in [-0.3, -0.25) is 4.79 Å². The molecule has 1 N–H and O–H groups in total. The minimum Gasteiger partial charge on any atom is -0.362 e. The molecule has 0 aliphatic carbocycles. The fraction of sp³-hybridized carbons (Fsp3) is 0.400. The molecule has 1 aliphatic heterocycles. The maximum absolute atomic E-state index is 12.0. The van der Waals surface area contributed by atoms with Crippen LogP contribution in [0.4, 0.5) is 5.82 Å². The maximum atomic E-state index is 12.0. The molecule has 5 heteroatoms. The Labute approximate surface area is 149 Å². The lowest BCUT2D eigenvalue weighted by Gasteiger charge is -2.25. The summed E-state index contributed by atoms with van der Waals surface area (Å²) < 4.78 is 0. The highest BCUT2D eigenvalue weighted by Crippen LogP contribution is 2.22. The summed E-state index contributed by atoms with van der Waals surface area (Å²) >= 11 is 0. The van der Waals surface area contributed by atoms with E-state index in [1.807, 2.05) is 18.2 Å². The zero-order valence-electron chi connectivity index (χ0n) is 15.0. The second kappa shape index (κ2) is 8.12. The molecule has 2 heterocycles. The van der Waals surface area contributed by atoms with Gasteiger partial charge in [0.1, 0.15) is 5.82 Å². The van der Waals surface area contributed by atoms with E-state index in [1.54, 1.807) is 25.2 Å². The van der Waals surface area contributed by atoms with Crippen LogP contribution < -0.4 is 5.32 Å². The summed E-state index contributed by atoms with van der Waals surface area (Å²) in [6.45, 7) is 3.29. The molecule has 25 heavy (non-hydrogen) atoms. The number of rotatable bonds is 6. The number of carbonyl (C=O) groups excluding carboxylic acids is 1. The molecule has 1 aromatic heterocycles. The SMILES string of the molecule is CN(C)C(=O)c1ccc(NC(CN2CCCC2)c2ccccc2)nc1. The third kappa shape index (κ3) is 4.57. The first kappa shape index (κ1) is 17.4. The predicted molar refractivity (Wildman–Crippen MR) is 101 cm³/mol. The minimum absolute atomic E-state index is 0.0317. The molecular weight excluding hydrogens is 312 g/mol. The molecular formula is C20H26N4O. The van der Waals surface area contributed by atoms with Crippen molar-refractivity contribution in [2.75, 3.05) is 39.0 Å². The lowest BCUT2D eigenvalue weighted by atomic mass is 10.1. The molecule has 132 valence electrons. The Hall–Kier alpha value is -2.40. The second-order valence-corrected chi connectivity index (χ2v) is 6.75. The van der Waals surface area contributed by atoms with E-state index in [0.29, 0.717) is 5.56 Å². The van der Waals surface area contributed by atoms with Crippen molar-refractivity contribution in [2.24, 2.45) is 0 Å². The van der Waals surface area contributed by atoms with Crippen LogP contribution in [0.1, 0.15) is 34.8 Å². The van der Waals surface area contributed by atoms with Crippen LogP contribution in [-0.2, 0) is 0 Å². The van der Waals surface area contributed by atoms with Gasteiger partial charge in [-0.05, 0) is 43.6 Å². The molecule has 1 aromatic carbocycles. The summed E-state index contributed by atoms with van der Waals surface area (Å²) in [6.07, 6.45) is 4.20. The predicted octanol–water partition coefficient (Wildman–Crippen LogP) is 3.03. The van der Waals surface area contributed by atoms with E-state index < -0.39 is 0 Å². The van der Waals surface area contributed by atoms with Crippen molar-refractivity contribution in [1.29, 1.82) is 0 Å². The van der Waals surface area contributed by atoms with Gasteiger partial charge < -0.3 is 15.1 Å². The molecule has 5 nitrogen and oxygen atoms in total. The Morgan fingerprint density at radius 3 is 2.48 bits per heavy atom. The summed E-state index contributed by atoms with van der Waals surface area (Å²) in [4.78, 5) is 20.5. The first-order valence-corrected chi connectivity index (χ1v) is 8.85. The second-order valence-electron chi connectivity index (χ2n) is 6.75. The number of nitrogens with zero attached hydrogens (tertiary/aromatic N) is 3. The number of anilines is 1. The fourth-order valence-corrected chi connectivity index (χ4v) is 3.19. The molecule has 1 atom stereocenters. The van der Waals surface area contributed by atoms with Gasteiger partial charge >= 0.3 is 0 Å². The average Bonchev–Trinajstić information content (AvgIpc) is 3.15. The van der Waals surface area contributed by atoms with Crippen LogP contribution in [0.25, 0.3) is 0 Å². The smallest absolute Gasteiger partial charge is 0.254 e. The van der Waals surface area contributed by atoms with Crippen molar-refractivity contribution in [1.82, 2.24) is 14.8 Å². The zero-order valence-corrected chi connectivity index (χ0v) is 15.0. The quantitative estimate of drug-likeness (QED) is 0.879. The number of aromatic nitrogens is 1. The van der Waals surface area contributed by atoms with Crippen molar-refractivity contribution in [2.45, 2.75) is 18.9 Å². The number of likely N-dealkylation sites (tertiary alicyclic amines) is 1. The van der Waals surface area contributed by atoms with Gasteiger partial charge in [0, 0.05) is 26.8 Å². The molecule has 1 saturated heterocycles. The average molecular weight is 338 g/mol. The molecule has 3 rings (SSSR count). The topological polar surface area (TPSA) is 48.5 Å². The molecule has 2 aromatic rings. The zero-order chi connectivity index (χ0) is 17.6. The van der Waals surface area contributed by atoms with Crippen LogP contribution in [0.3, 0.4) is 0 Å². The highest BCUT2D eigenvalue weighted by atomic mass is 16.2. The van der Waals surface area contributed by atoms with Crippen LogP contribution in [0.2, 0.25) is 0 Å². The van der Waals surface area contributed by atoms with Gasteiger partial charge in [0.15, 0.2) is 0 Å². The monoisotopic (exact) mass is 338 g/mol. The Morgan fingerprint density at radius 1 is 1.16 bits per heavy atom. The van der Waals surface area contributed by atoms with Crippen LogP contribution in [0, 0.1) is 0 Å². The summed E-state index contributed by atoms with van der Waals surface area (Å²) in [6, 6.07) is 14.4. The third-order valence-electron chi connectivity index (χ3n) is 4.58. The molecule has 1 unspecified atom stereocenters. The van der Waals surface area contributed by atoms with Crippen LogP contribution in [-0.4, -0.2) is 54.4 Å². The van der Waals surface area contributed by atoms with Crippen LogP contribution in [0.15, 0.2) is 48.7 Å². The number of benzene rings is 1. The standard InChI is InChI=1S/C20H26N4O/c1-23(2)20(25)17-10-11-19(21-14-17)22-18(15-24-12-6-7-13-24)16-8-4-3-5-9-16/h3-5,8-11,14,18H,6-7,12-13,15H2,1-2H3,(H,21,22). The van der Waals surface area contributed by atoms with E-state index in [9.17, 15) is 4.79 Å². The van der Waals surface area contributed by atoms with E-state index in [0.717, 1.165) is 25.5 Å². The van der Waals surface area contributed by atoms with E-state index in [-0.39, 0.29) is 11.9 Å². The number of pyridine rings is 1. The van der Waals surface area contributed by atoms with Crippen LogP contribution in [0.5, 0.6) is 0 Å². The van der Waals surface area contributed by atoms with Crippen molar-refractivity contribution < 1.29 is 4.79 Å². The van der Waals surface area contributed by atoms with Gasteiger partial charge in [-0.25, -0.2) is 4.98 Å². The lowest BCUT2D eigenvalue weighted by molar-refractivity contribution is 0.0827. The Bertz CT molecular complexity index is 679. The number of hydrogen-bond acceptors (Lipinski definition) is 4. The lowest BCUT2D eigenvalue weighted by Crippen LogP contribution is -2.29. The van der Waals surface area contributed by atoms with Crippen molar-refractivity contribution >= 4 is 11.7 Å². The van der Waals surface area contributed by atoms with Gasteiger partial charge in [0.05, 0.1) is 11.6 Å². The molecule has 0 spiro atoms. The van der Waals surface area contributed by atoms with Gasteiger partial charge in [0.25, 0.3) is 5.91 Å². The molecule has 0 radical (unpaired) electrons. The molecule has 1 aliphatic rings. The molecule has 1 amide bonds. The molecule has 1 fully saturated rings. The van der Waals surface area contributed by atoms with E-state index in [4.69, 9.17) is 0 Å². The number of nitrogens with one attached hydrogen (secondary N) is 1. The number of amides is 1. The maximum Gasteiger partial charge on any atom is 0.254 e. The summed E-state index contributed by atoms with van der Waals surface area (Å²) in [5.74, 6) is 0.763. The third-order valence-corrected chi connectivity index (χ3v) is 4.58. The minimum atomic E-state index is -0.0317. The Balaban J connectivity index is 1.74. The Morgan fingerprint density at radius 2 is 1.88 bits per heavy atom. The largest absolute Gasteiger partial charge is 0.362 e. The molecule has 0 saturated carbocycles. The van der Waals surface area contributed by atoms with Crippen molar-refractivity contribution in [3.05, 3.63) is 59.8 Å². The highest BCUT2D eigenvalue weighted by Gasteiger charge is 2.19. The van der Waals surface area contributed by atoms with Gasteiger partial charge in [0.2, 0.25) is 0 Å². The van der Waals surface area contributed by atoms with Gasteiger partial charge in [-0.15, -0.1) is 0 Å². The van der Waals surface area contributed by atoms with Crippen molar-refractivity contribution in [3.8, 4) is 0 Å². The Kier molecular flexibility index (Phi) is 5.66. The van der Waals surface area contributed by atoms with E-state index in [1.165, 1.54) is 18.4 Å². The van der Waals surface area contributed by atoms with Gasteiger partial charge in [-0.1, -0.05) is 30.3 Å². The van der Waals surface area contributed by atoms with Gasteiger partial charge in [-0.2, -0.15) is 0 Å². The number of hydrogen-bond donors (Lipinski definition) is 1. The normalized spacial score (nSPS) is 15.8. The fourth-order valence-electron chi connectivity index (χ4n) is 3.19.